The zero-order chi connectivity index (χ0) is 29.2. The second-order valence-electron chi connectivity index (χ2n) is 11.2. The predicted octanol–water partition coefficient (Wildman–Crippen LogP) is 4.36. The molecule has 3 aromatic heterocycles. The first-order valence-electron chi connectivity index (χ1n) is 13.6. The van der Waals surface area contributed by atoms with Crippen molar-refractivity contribution in [3.8, 4) is 0 Å². The lowest BCUT2D eigenvalue weighted by atomic mass is 10.0. The molecular weight excluding hydrogens is 560 g/mol. The number of anilines is 2. The Morgan fingerprint density at radius 1 is 1.12 bits per heavy atom. The Morgan fingerprint density at radius 3 is 2.51 bits per heavy atom. The molecule has 214 valence electrons. The second kappa shape index (κ2) is 10.4. The first kappa shape index (κ1) is 27.6. The topological polar surface area (TPSA) is 110 Å². The van der Waals surface area contributed by atoms with Crippen molar-refractivity contribution in [1.82, 2.24) is 29.0 Å². The van der Waals surface area contributed by atoms with Crippen LogP contribution in [-0.4, -0.2) is 49.6 Å². The number of fused-ring (bicyclic) bond motifs is 2. The van der Waals surface area contributed by atoms with Gasteiger partial charge in [0.2, 0.25) is 5.95 Å². The number of hydrogen-bond acceptors (Lipinski definition) is 8. The lowest BCUT2D eigenvalue weighted by Gasteiger charge is -2.25. The van der Waals surface area contributed by atoms with Crippen LogP contribution in [0.5, 0.6) is 0 Å². The summed E-state index contributed by atoms with van der Waals surface area (Å²) in [5, 5.41) is 8.93. The van der Waals surface area contributed by atoms with Gasteiger partial charge in [0.05, 0.1) is 28.3 Å². The van der Waals surface area contributed by atoms with Gasteiger partial charge in [-0.2, -0.15) is 5.10 Å². The summed E-state index contributed by atoms with van der Waals surface area (Å²) in [4.78, 5) is 37.9. The van der Waals surface area contributed by atoms with Gasteiger partial charge in [-0.1, -0.05) is 29.6 Å². The standard InChI is InChI=1S/C29H33ClN8O2S/c1-14-9-17(16(3)31-21-7-8-23(30)32-26(21)27(39)35-41-6)25-18(10-14)28(40)36(4)29(33-25)38-12-19-20(13-38)24(19)22-11-15(2)37(5)34-22/h7-11,16,19-20,24,31H,12-13H2,1-6H3,(H,35,39). The number of halogens is 1. The summed E-state index contributed by atoms with van der Waals surface area (Å²) in [6.45, 7) is 7.72. The number of amides is 1. The van der Waals surface area contributed by atoms with E-state index in [0.29, 0.717) is 40.3 Å². The monoisotopic (exact) mass is 592 g/mol. The number of carbonyl (C=O) groups is 1. The van der Waals surface area contributed by atoms with E-state index in [4.69, 9.17) is 21.7 Å². The van der Waals surface area contributed by atoms with Crippen LogP contribution >= 0.6 is 23.5 Å². The first-order valence-corrected chi connectivity index (χ1v) is 15.2. The van der Waals surface area contributed by atoms with Crippen molar-refractivity contribution in [3.63, 3.8) is 0 Å². The molecule has 0 bridgehead atoms. The van der Waals surface area contributed by atoms with Crippen molar-refractivity contribution in [2.75, 3.05) is 29.6 Å². The summed E-state index contributed by atoms with van der Waals surface area (Å²) in [5.41, 5.74) is 5.49. The van der Waals surface area contributed by atoms with Gasteiger partial charge in [0.1, 0.15) is 5.15 Å². The molecule has 1 saturated carbocycles. The van der Waals surface area contributed by atoms with Crippen molar-refractivity contribution in [2.24, 2.45) is 25.9 Å². The van der Waals surface area contributed by atoms with Crippen LogP contribution < -0.4 is 20.5 Å². The number of pyridine rings is 1. The molecule has 1 amide bonds. The molecule has 3 atom stereocenters. The van der Waals surface area contributed by atoms with Crippen LogP contribution in [0.25, 0.3) is 10.9 Å². The fraction of sp³-hybridized carbons (Fsp3) is 0.414. The summed E-state index contributed by atoms with van der Waals surface area (Å²) in [6, 6.07) is 9.23. The molecule has 0 radical (unpaired) electrons. The second-order valence-corrected chi connectivity index (χ2v) is 12.2. The molecule has 1 aliphatic carbocycles. The van der Waals surface area contributed by atoms with Gasteiger partial charge < -0.3 is 10.2 Å². The highest BCUT2D eigenvalue weighted by molar-refractivity contribution is 7.97. The van der Waals surface area contributed by atoms with Crippen LogP contribution in [0.15, 0.2) is 35.1 Å². The molecule has 4 aromatic rings. The molecule has 1 aliphatic heterocycles. The maximum absolute atomic E-state index is 13.6. The molecule has 1 saturated heterocycles. The summed E-state index contributed by atoms with van der Waals surface area (Å²) in [5.74, 6) is 1.83. The van der Waals surface area contributed by atoms with Crippen LogP contribution in [0.3, 0.4) is 0 Å². The Kier molecular flexibility index (Phi) is 6.97. The molecule has 41 heavy (non-hydrogen) atoms. The third-order valence-corrected chi connectivity index (χ3v) is 8.99. The minimum Gasteiger partial charge on any atom is -0.377 e. The van der Waals surface area contributed by atoms with E-state index in [9.17, 15) is 9.59 Å². The van der Waals surface area contributed by atoms with Gasteiger partial charge in [0.15, 0.2) is 5.69 Å². The highest BCUT2D eigenvalue weighted by atomic mass is 35.5. The number of nitrogens with zero attached hydrogens (tertiary/aromatic N) is 6. The van der Waals surface area contributed by atoms with Crippen LogP contribution in [0.2, 0.25) is 5.15 Å². The molecule has 1 aromatic carbocycles. The van der Waals surface area contributed by atoms with E-state index in [-0.39, 0.29) is 28.4 Å². The minimum atomic E-state index is -0.343. The van der Waals surface area contributed by atoms with E-state index < -0.39 is 0 Å². The number of piperidine rings is 1. The number of aryl methyl sites for hydroxylation is 3. The highest BCUT2D eigenvalue weighted by Gasteiger charge is 2.58. The number of nitrogens with one attached hydrogen (secondary N) is 2. The smallest absolute Gasteiger partial charge is 0.281 e. The number of aromatic nitrogens is 5. The fourth-order valence-corrected chi connectivity index (χ4v) is 6.64. The van der Waals surface area contributed by atoms with E-state index in [0.717, 1.165) is 29.9 Å². The lowest BCUT2D eigenvalue weighted by Crippen LogP contribution is -2.32. The number of hydrogen-bond donors (Lipinski definition) is 2. The molecule has 0 spiro atoms. The lowest BCUT2D eigenvalue weighted by molar-refractivity contribution is 0.0980. The van der Waals surface area contributed by atoms with Gasteiger partial charge in [-0.25, -0.2) is 9.97 Å². The summed E-state index contributed by atoms with van der Waals surface area (Å²) in [6.07, 6.45) is 1.77. The summed E-state index contributed by atoms with van der Waals surface area (Å²) >= 11 is 7.30. The molecule has 10 nitrogen and oxygen atoms in total. The Bertz CT molecular complexity index is 1720. The molecule has 2 fully saturated rings. The van der Waals surface area contributed by atoms with Crippen molar-refractivity contribution < 1.29 is 4.79 Å². The SMILES string of the molecule is CSNC(=O)c1nc(Cl)ccc1NC(C)c1cc(C)cc2c(=O)n(C)c(N3CC4C(C3)C4c3cc(C)n(C)n3)nc12. The third-order valence-electron chi connectivity index (χ3n) is 8.39. The number of benzene rings is 1. The molecule has 4 heterocycles. The summed E-state index contributed by atoms with van der Waals surface area (Å²) < 4.78 is 6.31. The van der Waals surface area contributed by atoms with Crippen LogP contribution in [0.4, 0.5) is 11.6 Å². The molecule has 2 N–H and O–H groups in total. The minimum absolute atomic E-state index is 0.0761. The molecule has 6 rings (SSSR count). The molecule has 2 aliphatic rings. The Labute approximate surface area is 247 Å². The van der Waals surface area contributed by atoms with Gasteiger partial charge in [0.25, 0.3) is 11.5 Å². The van der Waals surface area contributed by atoms with E-state index in [1.54, 1.807) is 30.0 Å². The van der Waals surface area contributed by atoms with Crippen LogP contribution in [0, 0.1) is 25.7 Å². The largest absolute Gasteiger partial charge is 0.377 e. The summed E-state index contributed by atoms with van der Waals surface area (Å²) in [7, 11) is 3.78. The zero-order valence-electron chi connectivity index (χ0n) is 23.9. The van der Waals surface area contributed by atoms with Gasteiger partial charge in [-0.05, 0) is 62.4 Å². The highest BCUT2D eigenvalue weighted by Crippen LogP contribution is 2.58. The van der Waals surface area contributed by atoms with E-state index >= 15 is 0 Å². The first-order chi connectivity index (χ1) is 19.6. The Balaban J connectivity index is 1.33. The average Bonchev–Trinajstić information content (AvgIpc) is 3.23. The van der Waals surface area contributed by atoms with Gasteiger partial charge in [0, 0.05) is 50.6 Å². The Hall–Kier alpha value is -3.57. The molecular formula is C29H33ClN8O2S. The van der Waals surface area contributed by atoms with Crippen molar-refractivity contribution >= 4 is 52.0 Å². The van der Waals surface area contributed by atoms with E-state index in [1.165, 1.54) is 17.6 Å². The third kappa shape index (κ3) is 4.84. The van der Waals surface area contributed by atoms with Crippen LogP contribution in [0.1, 0.15) is 51.9 Å². The van der Waals surface area contributed by atoms with Crippen molar-refractivity contribution in [3.05, 3.63) is 74.0 Å². The average molecular weight is 593 g/mol. The number of rotatable bonds is 7. The van der Waals surface area contributed by atoms with Crippen molar-refractivity contribution in [1.29, 1.82) is 0 Å². The van der Waals surface area contributed by atoms with Gasteiger partial charge >= 0.3 is 0 Å². The normalized spacial score (nSPS) is 20.3. The van der Waals surface area contributed by atoms with Crippen LogP contribution in [-0.2, 0) is 14.1 Å². The fourth-order valence-electron chi connectivity index (χ4n) is 6.21. The van der Waals surface area contributed by atoms with E-state index in [1.807, 2.05) is 37.7 Å². The molecule has 3 unspecified atom stereocenters. The van der Waals surface area contributed by atoms with Gasteiger partial charge in [-0.15, -0.1) is 0 Å². The zero-order valence-corrected chi connectivity index (χ0v) is 25.5. The van der Waals surface area contributed by atoms with Crippen molar-refractivity contribution in [2.45, 2.75) is 32.7 Å². The maximum Gasteiger partial charge on any atom is 0.281 e. The Morgan fingerprint density at radius 2 is 1.85 bits per heavy atom. The van der Waals surface area contributed by atoms with Gasteiger partial charge in [-0.3, -0.25) is 23.6 Å². The maximum atomic E-state index is 13.6. The quantitative estimate of drug-likeness (QED) is 0.241. The predicted molar refractivity (Wildman–Crippen MR) is 164 cm³/mol. The molecule has 12 heteroatoms. The number of carbonyl (C=O) groups excluding carboxylic acids is 1. The van der Waals surface area contributed by atoms with E-state index in [2.05, 4.69) is 32.9 Å².